The highest BCUT2D eigenvalue weighted by Crippen LogP contribution is 2.41. The quantitative estimate of drug-likeness (QED) is 0.520. The van der Waals surface area contributed by atoms with E-state index < -0.39 is 24.3 Å². The van der Waals surface area contributed by atoms with Crippen molar-refractivity contribution in [3.63, 3.8) is 0 Å². The number of likely N-dealkylation sites (tertiary alicyclic amines) is 2. The zero-order valence-electron chi connectivity index (χ0n) is 19.3. The highest BCUT2D eigenvalue weighted by atomic mass is 32.1. The Morgan fingerprint density at radius 2 is 1.65 bits per heavy atom. The number of carboxylic acid groups (broad SMARTS) is 2. The van der Waals surface area contributed by atoms with Crippen LogP contribution in [0.5, 0.6) is 0 Å². The van der Waals surface area contributed by atoms with E-state index in [4.69, 9.17) is 19.8 Å². The van der Waals surface area contributed by atoms with Crippen molar-refractivity contribution in [1.82, 2.24) is 14.8 Å². The minimum atomic E-state index is -5.08. The second-order valence-electron chi connectivity index (χ2n) is 8.43. The molecule has 2 aliphatic rings. The van der Waals surface area contributed by atoms with E-state index in [1.54, 1.807) is 11.3 Å². The summed E-state index contributed by atoms with van der Waals surface area (Å²) in [6.45, 7) is 6.76. The lowest BCUT2D eigenvalue weighted by atomic mass is 9.86. The number of thiophene rings is 1. The van der Waals surface area contributed by atoms with Gasteiger partial charge in [-0.3, -0.25) is 9.69 Å². The van der Waals surface area contributed by atoms with Crippen molar-refractivity contribution in [2.75, 3.05) is 19.6 Å². The molecule has 2 N–H and O–H groups in total. The summed E-state index contributed by atoms with van der Waals surface area (Å²) in [5.74, 6) is -5.21. The molecule has 2 aromatic rings. The molecule has 37 heavy (non-hydrogen) atoms. The molecule has 2 aliphatic heterocycles. The molecule has 0 saturated carbocycles. The maximum atomic E-state index is 12.5. The van der Waals surface area contributed by atoms with Crippen LogP contribution in [0.2, 0.25) is 0 Å². The summed E-state index contributed by atoms with van der Waals surface area (Å²) in [6, 6.07) is 4.31. The number of alkyl halides is 6. The van der Waals surface area contributed by atoms with E-state index in [2.05, 4.69) is 32.8 Å². The van der Waals surface area contributed by atoms with Crippen LogP contribution < -0.4 is 0 Å². The van der Waals surface area contributed by atoms with E-state index >= 15 is 0 Å². The number of rotatable bonds is 4. The molecule has 0 bridgehead atoms. The van der Waals surface area contributed by atoms with Crippen molar-refractivity contribution in [2.45, 2.75) is 45.2 Å². The molecule has 206 valence electrons. The Balaban J connectivity index is 0.000000286. The van der Waals surface area contributed by atoms with Crippen molar-refractivity contribution >= 4 is 40.5 Å². The fourth-order valence-electron chi connectivity index (χ4n) is 3.86. The Labute approximate surface area is 215 Å². The van der Waals surface area contributed by atoms with Gasteiger partial charge in [0.2, 0.25) is 5.91 Å². The summed E-state index contributed by atoms with van der Waals surface area (Å²) < 4.78 is 63.5. The van der Waals surface area contributed by atoms with E-state index in [0.29, 0.717) is 18.9 Å². The first kappa shape index (κ1) is 30.5. The SMILES string of the molecule is Cc1nc(CN2CC3(CCN(Cc4cccs4)C3)CC2=O)cs1.O=C(O)C(F)(F)F.O=C(O)C(F)(F)F. The largest absolute Gasteiger partial charge is 0.490 e. The lowest BCUT2D eigenvalue weighted by Crippen LogP contribution is -2.31. The average molecular weight is 576 g/mol. The Hall–Kier alpha value is -2.72. The first-order valence-corrected chi connectivity index (χ1v) is 12.3. The van der Waals surface area contributed by atoms with Crippen LogP contribution in [0, 0.1) is 12.3 Å². The molecule has 0 aromatic carbocycles. The summed E-state index contributed by atoms with van der Waals surface area (Å²) in [5, 5.41) is 19.5. The minimum absolute atomic E-state index is 0.166. The maximum Gasteiger partial charge on any atom is 0.490 e. The van der Waals surface area contributed by atoms with Crippen molar-refractivity contribution in [1.29, 1.82) is 0 Å². The first-order valence-electron chi connectivity index (χ1n) is 10.5. The van der Waals surface area contributed by atoms with Crippen LogP contribution in [-0.2, 0) is 27.5 Å². The highest BCUT2D eigenvalue weighted by Gasteiger charge is 2.47. The second kappa shape index (κ2) is 12.2. The molecule has 2 saturated heterocycles. The lowest BCUT2D eigenvalue weighted by Gasteiger charge is -2.24. The Kier molecular flexibility index (Phi) is 10.1. The molecule has 1 amide bonds. The monoisotopic (exact) mass is 575 g/mol. The summed E-state index contributed by atoms with van der Waals surface area (Å²) in [4.78, 5) is 40.7. The molecular weight excluding hydrogens is 552 g/mol. The molecule has 1 spiro atoms. The second-order valence-corrected chi connectivity index (χ2v) is 10.5. The number of amides is 1. The third-order valence-corrected chi connectivity index (χ3v) is 7.07. The normalized spacial score (nSPS) is 19.9. The first-order chi connectivity index (χ1) is 17.0. The third kappa shape index (κ3) is 9.59. The van der Waals surface area contributed by atoms with Crippen molar-refractivity contribution in [2.24, 2.45) is 5.41 Å². The van der Waals surface area contributed by atoms with Gasteiger partial charge in [0, 0.05) is 41.7 Å². The number of nitrogens with zero attached hydrogens (tertiary/aromatic N) is 3. The van der Waals surface area contributed by atoms with Crippen LogP contribution in [-0.4, -0.2) is 74.8 Å². The number of carbonyl (C=O) groups excluding carboxylic acids is 1. The van der Waals surface area contributed by atoms with Gasteiger partial charge in [0.1, 0.15) is 0 Å². The zero-order valence-corrected chi connectivity index (χ0v) is 20.9. The summed E-state index contributed by atoms with van der Waals surface area (Å²) >= 11 is 3.48. The number of aryl methyl sites for hydroxylation is 1. The highest BCUT2D eigenvalue weighted by molar-refractivity contribution is 7.10. The van der Waals surface area contributed by atoms with E-state index in [1.165, 1.54) is 4.88 Å². The minimum Gasteiger partial charge on any atom is -0.475 e. The fraction of sp³-hybridized carbons (Fsp3) is 0.524. The summed E-state index contributed by atoms with van der Waals surface area (Å²) in [6.07, 6.45) is -8.33. The van der Waals surface area contributed by atoms with E-state index in [9.17, 15) is 31.1 Å². The van der Waals surface area contributed by atoms with Gasteiger partial charge >= 0.3 is 24.3 Å². The number of hydrogen-bond donors (Lipinski definition) is 2. The fourth-order valence-corrected chi connectivity index (χ4v) is 5.21. The molecule has 1 unspecified atom stereocenters. The average Bonchev–Trinajstić information content (AvgIpc) is 3.54. The molecule has 4 heterocycles. The lowest BCUT2D eigenvalue weighted by molar-refractivity contribution is -0.193. The molecule has 4 rings (SSSR count). The number of carbonyl (C=O) groups is 3. The number of carboxylic acids is 2. The number of aromatic nitrogens is 1. The van der Waals surface area contributed by atoms with E-state index in [1.807, 2.05) is 23.2 Å². The zero-order chi connectivity index (χ0) is 28.0. The van der Waals surface area contributed by atoms with Crippen molar-refractivity contribution in [3.8, 4) is 0 Å². The molecule has 2 aromatic heterocycles. The smallest absolute Gasteiger partial charge is 0.475 e. The van der Waals surface area contributed by atoms with Crippen LogP contribution >= 0.6 is 22.7 Å². The van der Waals surface area contributed by atoms with Crippen LogP contribution in [0.15, 0.2) is 22.9 Å². The van der Waals surface area contributed by atoms with Gasteiger partial charge in [-0.1, -0.05) is 6.07 Å². The van der Waals surface area contributed by atoms with Crippen LogP contribution in [0.3, 0.4) is 0 Å². The maximum absolute atomic E-state index is 12.5. The van der Waals surface area contributed by atoms with Gasteiger partial charge in [-0.15, -0.1) is 22.7 Å². The van der Waals surface area contributed by atoms with E-state index in [0.717, 1.165) is 43.3 Å². The van der Waals surface area contributed by atoms with Crippen LogP contribution in [0.4, 0.5) is 26.3 Å². The number of thiazole rings is 1. The van der Waals surface area contributed by atoms with Gasteiger partial charge in [0.15, 0.2) is 0 Å². The third-order valence-electron chi connectivity index (χ3n) is 5.39. The Morgan fingerprint density at radius 1 is 1.05 bits per heavy atom. The molecule has 16 heteroatoms. The van der Waals surface area contributed by atoms with Crippen LogP contribution in [0.25, 0.3) is 0 Å². The molecule has 0 aliphatic carbocycles. The van der Waals surface area contributed by atoms with E-state index in [-0.39, 0.29) is 5.41 Å². The number of aliphatic carboxylic acids is 2. The van der Waals surface area contributed by atoms with Gasteiger partial charge in [-0.25, -0.2) is 14.6 Å². The van der Waals surface area contributed by atoms with Crippen molar-refractivity contribution in [3.05, 3.63) is 38.5 Å². The molecule has 2 fully saturated rings. The molecule has 0 radical (unpaired) electrons. The summed E-state index contributed by atoms with van der Waals surface area (Å²) in [7, 11) is 0. The van der Waals surface area contributed by atoms with Gasteiger partial charge in [-0.2, -0.15) is 26.3 Å². The molecule has 8 nitrogen and oxygen atoms in total. The van der Waals surface area contributed by atoms with Gasteiger partial charge in [0.25, 0.3) is 0 Å². The number of halogens is 6. The number of hydrogen-bond acceptors (Lipinski definition) is 7. The summed E-state index contributed by atoms with van der Waals surface area (Å²) in [5.41, 5.74) is 1.20. The Bertz CT molecular complexity index is 1050. The van der Waals surface area contributed by atoms with Gasteiger partial charge < -0.3 is 15.1 Å². The van der Waals surface area contributed by atoms with Gasteiger partial charge in [0.05, 0.1) is 17.2 Å². The standard InChI is InChI=1S/C17H21N3OS2.2C2HF3O2/c1-13-18-14(10-23-13)8-20-12-17(7-16(20)21)4-5-19(11-17)9-15-3-2-6-22-15;2*3-2(4,5)1(6)7/h2-3,6,10H,4-5,7-9,11-12H2,1H3;2*(H,6,7). The van der Waals surface area contributed by atoms with Gasteiger partial charge in [-0.05, 0) is 31.3 Å². The molecular formula is C21H23F6N3O5S2. The Morgan fingerprint density at radius 3 is 2.11 bits per heavy atom. The topological polar surface area (TPSA) is 111 Å². The predicted octanol–water partition coefficient (Wildman–Crippen LogP) is 4.40. The predicted molar refractivity (Wildman–Crippen MR) is 121 cm³/mol. The van der Waals surface area contributed by atoms with Crippen LogP contribution in [0.1, 0.15) is 28.4 Å². The van der Waals surface area contributed by atoms with Crippen molar-refractivity contribution < 1.29 is 50.9 Å². The molecule has 1 atom stereocenters.